The summed E-state index contributed by atoms with van der Waals surface area (Å²) in [5.74, 6) is 0.873. The highest BCUT2D eigenvalue weighted by atomic mass is 32.3. The van der Waals surface area contributed by atoms with Crippen molar-refractivity contribution in [1.82, 2.24) is 14.8 Å². The summed E-state index contributed by atoms with van der Waals surface area (Å²) >= 11 is 0. The molecule has 0 aliphatic rings. The van der Waals surface area contributed by atoms with Gasteiger partial charge in [0.15, 0.2) is 0 Å². The van der Waals surface area contributed by atoms with Crippen LogP contribution in [-0.4, -0.2) is 23.2 Å². The molecule has 0 aromatic carbocycles. The summed E-state index contributed by atoms with van der Waals surface area (Å²) in [6, 6.07) is -0.190. The van der Waals surface area contributed by atoms with Crippen molar-refractivity contribution in [2.24, 2.45) is 5.92 Å². The summed E-state index contributed by atoms with van der Waals surface area (Å²) in [5.41, 5.74) is 0. The Labute approximate surface area is 101 Å². The molecule has 1 aromatic heterocycles. The third-order valence-electron chi connectivity index (χ3n) is 2.70. The molecule has 0 aliphatic carbocycles. The van der Waals surface area contributed by atoms with Crippen molar-refractivity contribution in [2.75, 3.05) is 0 Å². The second kappa shape index (κ2) is 5.12. The number of halogens is 1. The fourth-order valence-corrected chi connectivity index (χ4v) is 2.28. The van der Waals surface area contributed by atoms with Crippen molar-refractivity contribution >= 4 is 10.2 Å². The SMILES string of the molecule is CCC(C)Cc1nnc(S(=O)(=O)F)n1C(C)C. The van der Waals surface area contributed by atoms with E-state index in [1.54, 1.807) is 13.8 Å². The molecular formula is C10H18FN3O2S. The van der Waals surface area contributed by atoms with Gasteiger partial charge in [0, 0.05) is 12.5 Å². The van der Waals surface area contributed by atoms with Gasteiger partial charge < -0.3 is 0 Å². The average Bonchev–Trinajstić information content (AvgIpc) is 2.60. The molecule has 0 fully saturated rings. The normalized spacial score (nSPS) is 14.2. The fourth-order valence-electron chi connectivity index (χ4n) is 1.59. The molecule has 0 amide bonds. The van der Waals surface area contributed by atoms with Gasteiger partial charge in [-0.3, -0.25) is 4.57 Å². The molecule has 1 atom stereocenters. The van der Waals surface area contributed by atoms with Crippen LogP contribution in [0.4, 0.5) is 3.89 Å². The molecule has 1 unspecified atom stereocenters. The second-order valence-electron chi connectivity index (χ2n) is 4.52. The predicted octanol–water partition coefficient (Wildman–Crippen LogP) is 2.11. The van der Waals surface area contributed by atoms with Crippen molar-refractivity contribution in [3.05, 3.63) is 5.82 Å². The molecule has 17 heavy (non-hydrogen) atoms. The van der Waals surface area contributed by atoms with Crippen LogP contribution in [-0.2, 0) is 16.6 Å². The molecule has 5 nitrogen and oxygen atoms in total. The highest BCUT2D eigenvalue weighted by Crippen LogP contribution is 2.20. The maximum absolute atomic E-state index is 13.0. The number of aromatic nitrogens is 3. The van der Waals surface area contributed by atoms with E-state index in [-0.39, 0.29) is 6.04 Å². The lowest BCUT2D eigenvalue weighted by Crippen LogP contribution is -2.14. The molecule has 0 N–H and O–H groups in total. The first-order valence-electron chi connectivity index (χ1n) is 5.65. The van der Waals surface area contributed by atoms with Crippen LogP contribution in [0.1, 0.15) is 46.0 Å². The van der Waals surface area contributed by atoms with Gasteiger partial charge in [-0.1, -0.05) is 24.2 Å². The van der Waals surface area contributed by atoms with Crippen molar-refractivity contribution in [3.63, 3.8) is 0 Å². The Hall–Kier alpha value is -0.980. The summed E-state index contributed by atoms with van der Waals surface area (Å²) in [7, 11) is -4.81. The Morgan fingerprint density at radius 3 is 2.29 bits per heavy atom. The van der Waals surface area contributed by atoms with Gasteiger partial charge in [-0.15, -0.1) is 10.2 Å². The van der Waals surface area contributed by atoms with Crippen LogP contribution in [0.25, 0.3) is 0 Å². The summed E-state index contributed by atoms with van der Waals surface area (Å²) < 4.78 is 36.2. The molecule has 7 heteroatoms. The lowest BCUT2D eigenvalue weighted by molar-refractivity contribution is 0.462. The minimum absolute atomic E-state index is 0.190. The number of hydrogen-bond acceptors (Lipinski definition) is 4. The largest absolute Gasteiger partial charge is 0.368 e. The quantitative estimate of drug-likeness (QED) is 0.763. The standard InChI is InChI=1S/C10H18FN3O2S/c1-5-8(4)6-9-12-13-10(17(11,15)16)14(9)7(2)3/h7-8H,5-6H2,1-4H3. The third-order valence-corrected chi connectivity index (χ3v) is 3.41. The Balaban J connectivity index is 3.21. The molecule has 98 valence electrons. The smallest absolute Gasteiger partial charge is 0.297 e. The van der Waals surface area contributed by atoms with Crippen LogP contribution in [0.3, 0.4) is 0 Å². The van der Waals surface area contributed by atoms with Gasteiger partial charge in [0.25, 0.3) is 5.16 Å². The Morgan fingerprint density at radius 2 is 1.88 bits per heavy atom. The molecule has 0 saturated carbocycles. The van der Waals surface area contributed by atoms with Crippen LogP contribution in [0.2, 0.25) is 0 Å². The Bertz CT molecular complexity index is 482. The van der Waals surface area contributed by atoms with Crippen LogP contribution in [0.15, 0.2) is 5.16 Å². The van der Waals surface area contributed by atoms with E-state index in [9.17, 15) is 12.3 Å². The Morgan fingerprint density at radius 1 is 1.29 bits per heavy atom. The van der Waals surface area contributed by atoms with Crippen LogP contribution >= 0.6 is 0 Å². The van der Waals surface area contributed by atoms with E-state index in [0.29, 0.717) is 18.2 Å². The van der Waals surface area contributed by atoms with Gasteiger partial charge in [0.2, 0.25) is 0 Å². The van der Waals surface area contributed by atoms with E-state index in [1.807, 2.05) is 13.8 Å². The van der Waals surface area contributed by atoms with Gasteiger partial charge in [0.1, 0.15) is 5.82 Å². The van der Waals surface area contributed by atoms with E-state index in [0.717, 1.165) is 6.42 Å². The number of hydrogen-bond donors (Lipinski definition) is 0. The maximum atomic E-state index is 13.0. The summed E-state index contributed by atoms with van der Waals surface area (Å²) in [6.07, 6.45) is 1.54. The highest BCUT2D eigenvalue weighted by molar-refractivity contribution is 7.86. The number of nitrogens with zero attached hydrogens (tertiary/aromatic N) is 3. The second-order valence-corrected chi connectivity index (χ2v) is 5.76. The van der Waals surface area contributed by atoms with Gasteiger partial charge in [0.05, 0.1) is 0 Å². The van der Waals surface area contributed by atoms with Crippen molar-refractivity contribution in [1.29, 1.82) is 0 Å². The van der Waals surface area contributed by atoms with Crippen molar-refractivity contribution in [2.45, 2.75) is 51.7 Å². The molecule has 0 aliphatic heterocycles. The topological polar surface area (TPSA) is 64.8 Å². The molecule has 1 rings (SSSR count). The van der Waals surface area contributed by atoms with Gasteiger partial charge in [-0.25, -0.2) is 0 Å². The first kappa shape index (κ1) is 14.1. The zero-order chi connectivity index (χ0) is 13.2. The van der Waals surface area contributed by atoms with Crippen LogP contribution in [0.5, 0.6) is 0 Å². The van der Waals surface area contributed by atoms with Gasteiger partial charge in [-0.05, 0) is 19.8 Å². The monoisotopic (exact) mass is 263 g/mol. The third kappa shape index (κ3) is 3.24. The van der Waals surface area contributed by atoms with E-state index < -0.39 is 15.4 Å². The van der Waals surface area contributed by atoms with E-state index >= 15 is 0 Å². The predicted molar refractivity (Wildman–Crippen MR) is 61.9 cm³/mol. The minimum atomic E-state index is -4.81. The molecule has 1 heterocycles. The molecule has 0 bridgehead atoms. The molecule has 0 spiro atoms. The Kier molecular flexibility index (Phi) is 4.24. The zero-order valence-electron chi connectivity index (χ0n) is 10.5. The van der Waals surface area contributed by atoms with Crippen molar-refractivity contribution in [3.8, 4) is 0 Å². The number of rotatable bonds is 5. The first-order chi connectivity index (χ1) is 7.77. The van der Waals surface area contributed by atoms with Crippen molar-refractivity contribution < 1.29 is 12.3 Å². The summed E-state index contributed by atoms with van der Waals surface area (Å²) in [5, 5.41) is 6.64. The van der Waals surface area contributed by atoms with E-state index in [2.05, 4.69) is 10.2 Å². The van der Waals surface area contributed by atoms with E-state index in [4.69, 9.17) is 0 Å². The molecule has 0 radical (unpaired) electrons. The fraction of sp³-hybridized carbons (Fsp3) is 0.800. The van der Waals surface area contributed by atoms with E-state index in [1.165, 1.54) is 4.57 Å². The zero-order valence-corrected chi connectivity index (χ0v) is 11.3. The van der Waals surface area contributed by atoms with Gasteiger partial charge in [-0.2, -0.15) is 8.42 Å². The highest BCUT2D eigenvalue weighted by Gasteiger charge is 2.25. The maximum Gasteiger partial charge on any atom is 0.368 e. The molecular weight excluding hydrogens is 245 g/mol. The molecule has 1 aromatic rings. The van der Waals surface area contributed by atoms with Crippen LogP contribution < -0.4 is 0 Å². The minimum Gasteiger partial charge on any atom is -0.297 e. The average molecular weight is 263 g/mol. The lowest BCUT2D eigenvalue weighted by atomic mass is 10.0. The summed E-state index contributed by atoms with van der Waals surface area (Å²) in [4.78, 5) is 0. The summed E-state index contributed by atoms with van der Waals surface area (Å²) in [6.45, 7) is 7.62. The van der Waals surface area contributed by atoms with Gasteiger partial charge >= 0.3 is 10.2 Å². The van der Waals surface area contributed by atoms with Crippen LogP contribution in [0, 0.1) is 5.92 Å². The molecule has 0 saturated heterocycles. The lowest BCUT2D eigenvalue weighted by Gasteiger charge is -2.14. The first-order valence-corrected chi connectivity index (χ1v) is 7.04.